The number of amides is 1. The van der Waals surface area contributed by atoms with Crippen LogP contribution >= 0.6 is 23.2 Å². The SMILES string of the molecule is COc1ccc(C)cc1NC(=O)/C(C#N)=C/c1ccc(OCc2ccc(Cl)c(Cl)c2)c(OC)c1. The van der Waals surface area contributed by atoms with E-state index in [0.717, 1.165) is 11.1 Å². The standard InChI is InChI=1S/C26H22Cl2N2O4/c1-16-4-8-23(32-2)22(10-16)30-26(31)19(14-29)11-17-6-9-24(25(13-17)33-3)34-15-18-5-7-20(27)21(28)12-18/h4-13H,15H2,1-3H3,(H,30,31)/b19-11+. The van der Waals surface area contributed by atoms with Crippen molar-refractivity contribution in [3.05, 3.63) is 86.9 Å². The van der Waals surface area contributed by atoms with Gasteiger partial charge in [0.25, 0.3) is 5.91 Å². The molecule has 0 atom stereocenters. The second-order valence-electron chi connectivity index (χ2n) is 7.28. The van der Waals surface area contributed by atoms with Crippen molar-refractivity contribution in [2.75, 3.05) is 19.5 Å². The molecule has 0 aliphatic heterocycles. The molecule has 8 heteroatoms. The number of carbonyl (C=O) groups is 1. The van der Waals surface area contributed by atoms with E-state index in [1.807, 2.05) is 25.1 Å². The van der Waals surface area contributed by atoms with Crippen LogP contribution in [0.15, 0.2) is 60.2 Å². The summed E-state index contributed by atoms with van der Waals surface area (Å²) in [6.07, 6.45) is 1.48. The van der Waals surface area contributed by atoms with Gasteiger partial charge in [-0.05, 0) is 66.1 Å². The fraction of sp³-hybridized carbons (Fsp3) is 0.154. The summed E-state index contributed by atoms with van der Waals surface area (Å²) in [5.41, 5.74) is 2.80. The van der Waals surface area contributed by atoms with E-state index >= 15 is 0 Å². The third-order valence-corrected chi connectivity index (χ3v) is 5.58. The van der Waals surface area contributed by atoms with Crippen LogP contribution in [-0.2, 0) is 11.4 Å². The van der Waals surface area contributed by atoms with Crippen molar-refractivity contribution < 1.29 is 19.0 Å². The number of halogens is 2. The van der Waals surface area contributed by atoms with Crippen LogP contribution in [-0.4, -0.2) is 20.1 Å². The Morgan fingerprint density at radius 3 is 2.38 bits per heavy atom. The molecule has 0 fully saturated rings. The van der Waals surface area contributed by atoms with Gasteiger partial charge in [0.15, 0.2) is 11.5 Å². The Labute approximate surface area is 208 Å². The van der Waals surface area contributed by atoms with Gasteiger partial charge in [-0.15, -0.1) is 0 Å². The van der Waals surface area contributed by atoms with Crippen LogP contribution in [0.5, 0.6) is 17.2 Å². The summed E-state index contributed by atoms with van der Waals surface area (Å²) >= 11 is 12.0. The average molecular weight is 497 g/mol. The minimum atomic E-state index is -0.551. The summed E-state index contributed by atoms with van der Waals surface area (Å²) in [6, 6.07) is 17.7. The van der Waals surface area contributed by atoms with E-state index in [-0.39, 0.29) is 12.2 Å². The zero-order valence-electron chi connectivity index (χ0n) is 18.8. The molecule has 0 radical (unpaired) electrons. The predicted octanol–water partition coefficient (Wildman–Crippen LogP) is 6.44. The highest BCUT2D eigenvalue weighted by Crippen LogP contribution is 2.31. The van der Waals surface area contributed by atoms with Crippen molar-refractivity contribution in [2.45, 2.75) is 13.5 Å². The van der Waals surface area contributed by atoms with Gasteiger partial charge in [0, 0.05) is 0 Å². The molecule has 0 saturated heterocycles. The normalized spacial score (nSPS) is 10.9. The van der Waals surface area contributed by atoms with Gasteiger partial charge in [0.1, 0.15) is 24.0 Å². The highest BCUT2D eigenvalue weighted by molar-refractivity contribution is 6.42. The first-order valence-electron chi connectivity index (χ1n) is 10.2. The number of hydrogen-bond acceptors (Lipinski definition) is 5. The van der Waals surface area contributed by atoms with E-state index in [9.17, 15) is 10.1 Å². The molecule has 1 amide bonds. The fourth-order valence-electron chi connectivity index (χ4n) is 3.11. The Balaban J connectivity index is 1.78. The maximum absolute atomic E-state index is 12.7. The molecular formula is C26H22Cl2N2O4. The number of ether oxygens (including phenoxy) is 3. The predicted molar refractivity (Wildman–Crippen MR) is 134 cm³/mol. The maximum Gasteiger partial charge on any atom is 0.266 e. The van der Waals surface area contributed by atoms with E-state index in [2.05, 4.69) is 5.32 Å². The summed E-state index contributed by atoms with van der Waals surface area (Å²) < 4.78 is 16.6. The van der Waals surface area contributed by atoms with Gasteiger partial charge in [-0.2, -0.15) is 5.26 Å². The number of methoxy groups -OCH3 is 2. The number of carbonyl (C=O) groups excluding carboxylic acids is 1. The number of nitriles is 1. The largest absolute Gasteiger partial charge is 0.495 e. The Hall–Kier alpha value is -3.66. The van der Waals surface area contributed by atoms with E-state index in [1.54, 1.807) is 42.5 Å². The lowest BCUT2D eigenvalue weighted by Crippen LogP contribution is -2.14. The summed E-state index contributed by atoms with van der Waals surface area (Å²) in [7, 11) is 3.02. The summed E-state index contributed by atoms with van der Waals surface area (Å²) in [6.45, 7) is 2.15. The van der Waals surface area contributed by atoms with Crippen molar-refractivity contribution in [3.8, 4) is 23.3 Å². The molecule has 0 aliphatic carbocycles. The van der Waals surface area contributed by atoms with E-state index in [1.165, 1.54) is 20.3 Å². The summed E-state index contributed by atoms with van der Waals surface area (Å²) in [5, 5.41) is 13.2. The number of aryl methyl sites for hydroxylation is 1. The molecule has 174 valence electrons. The fourth-order valence-corrected chi connectivity index (χ4v) is 3.43. The summed E-state index contributed by atoms with van der Waals surface area (Å²) in [4.78, 5) is 12.7. The van der Waals surface area contributed by atoms with Crippen LogP contribution < -0.4 is 19.5 Å². The minimum absolute atomic E-state index is 0.0740. The molecule has 0 bridgehead atoms. The molecule has 0 unspecified atom stereocenters. The molecule has 0 aromatic heterocycles. The number of hydrogen-bond donors (Lipinski definition) is 1. The van der Waals surface area contributed by atoms with Crippen LogP contribution in [0.25, 0.3) is 6.08 Å². The van der Waals surface area contributed by atoms with Crippen LogP contribution in [0.2, 0.25) is 10.0 Å². The van der Waals surface area contributed by atoms with Crippen molar-refractivity contribution >= 4 is 40.9 Å². The zero-order chi connectivity index (χ0) is 24.7. The topological polar surface area (TPSA) is 80.6 Å². The average Bonchev–Trinajstić information content (AvgIpc) is 2.83. The lowest BCUT2D eigenvalue weighted by atomic mass is 10.1. The Morgan fingerprint density at radius 1 is 0.971 bits per heavy atom. The Kier molecular flexibility index (Phi) is 8.42. The third kappa shape index (κ3) is 6.22. The van der Waals surface area contributed by atoms with Gasteiger partial charge in [-0.25, -0.2) is 0 Å². The monoisotopic (exact) mass is 496 g/mol. The summed E-state index contributed by atoms with van der Waals surface area (Å²) in [5.74, 6) is 0.900. The van der Waals surface area contributed by atoms with Gasteiger partial charge in [0.05, 0.1) is 30.0 Å². The quantitative estimate of drug-likeness (QED) is 0.286. The van der Waals surface area contributed by atoms with E-state index in [0.29, 0.717) is 38.5 Å². The number of nitrogens with one attached hydrogen (secondary N) is 1. The number of nitrogens with zero attached hydrogens (tertiary/aromatic N) is 1. The second kappa shape index (κ2) is 11.5. The lowest BCUT2D eigenvalue weighted by Gasteiger charge is -2.12. The molecule has 1 N–H and O–H groups in total. The van der Waals surface area contributed by atoms with E-state index < -0.39 is 5.91 Å². The van der Waals surface area contributed by atoms with Crippen molar-refractivity contribution in [1.82, 2.24) is 0 Å². The zero-order valence-corrected chi connectivity index (χ0v) is 20.3. The molecule has 3 aromatic carbocycles. The van der Waals surface area contributed by atoms with Crippen LogP contribution in [0.1, 0.15) is 16.7 Å². The molecule has 3 aromatic rings. The van der Waals surface area contributed by atoms with Crippen molar-refractivity contribution in [3.63, 3.8) is 0 Å². The first-order chi connectivity index (χ1) is 16.3. The number of anilines is 1. The first-order valence-corrected chi connectivity index (χ1v) is 10.9. The molecule has 6 nitrogen and oxygen atoms in total. The van der Waals surface area contributed by atoms with Crippen LogP contribution in [0, 0.1) is 18.3 Å². The van der Waals surface area contributed by atoms with E-state index in [4.69, 9.17) is 37.4 Å². The molecule has 0 spiro atoms. The second-order valence-corrected chi connectivity index (χ2v) is 8.09. The van der Waals surface area contributed by atoms with Crippen LogP contribution in [0.4, 0.5) is 5.69 Å². The Bertz CT molecular complexity index is 1280. The highest BCUT2D eigenvalue weighted by atomic mass is 35.5. The van der Waals surface area contributed by atoms with Gasteiger partial charge >= 0.3 is 0 Å². The number of benzene rings is 3. The molecular weight excluding hydrogens is 475 g/mol. The lowest BCUT2D eigenvalue weighted by molar-refractivity contribution is -0.112. The molecule has 0 heterocycles. The van der Waals surface area contributed by atoms with Gasteiger partial charge < -0.3 is 19.5 Å². The Morgan fingerprint density at radius 2 is 1.71 bits per heavy atom. The van der Waals surface area contributed by atoms with Gasteiger partial charge in [0.2, 0.25) is 0 Å². The maximum atomic E-state index is 12.7. The third-order valence-electron chi connectivity index (χ3n) is 4.85. The van der Waals surface area contributed by atoms with Crippen molar-refractivity contribution in [2.24, 2.45) is 0 Å². The molecule has 34 heavy (non-hydrogen) atoms. The molecule has 0 saturated carbocycles. The first kappa shape index (κ1) is 25.0. The molecule has 3 rings (SSSR count). The smallest absolute Gasteiger partial charge is 0.266 e. The van der Waals surface area contributed by atoms with Crippen LogP contribution in [0.3, 0.4) is 0 Å². The number of rotatable bonds is 8. The molecule has 0 aliphatic rings. The van der Waals surface area contributed by atoms with Crippen molar-refractivity contribution in [1.29, 1.82) is 5.26 Å². The van der Waals surface area contributed by atoms with Gasteiger partial charge in [-0.3, -0.25) is 4.79 Å². The van der Waals surface area contributed by atoms with Gasteiger partial charge in [-0.1, -0.05) is 41.4 Å². The minimum Gasteiger partial charge on any atom is -0.495 e. The highest BCUT2D eigenvalue weighted by Gasteiger charge is 2.14.